The number of ether oxygens (including phenoxy) is 1. The van der Waals surface area contributed by atoms with Gasteiger partial charge in [0.05, 0.1) is 21.8 Å². The standard InChI is InChI=1S/C12H15NO4S/c14-13(15)10-3-1-5-12(9-10)18(16)8-6-11-4-2-7-17-11/h1,3,5,9,11H,2,4,6-8H2. The quantitative estimate of drug-likeness (QED) is 0.607. The molecule has 0 bridgehead atoms. The normalized spacial score (nSPS) is 20.8. The van der Waals surface area contributed by atoms with Crippen molar-refractivity contribution in [1.82, 2.24) is 0 Å². The van der Waals surface area contributed by atoms with E-state index < -0.39 is 15.7 Å². The topological polar surface area (TPSA) is 69.4 Å². The summed E-state index contributed by atoms with van der Waals surface area (Å²) in [4.78, 5) is 10.7. The Hall–Kier alpha value is -1.27. The van der Waals surface area contributed by atoms with E-state index in [0.29, 0.717) is 10.6 Å². The van der Waals surface area contributed by atoms with Crippen LogP contribution in [0.1, 0.15) is 19.3 Å². The van der Waals surface area contributed by atoms with Crippen molar-refractivity contribution in [2.24, 2.45) is 0 Å². The van der Waals surface area contributed by atoms with Gasteiger partial charge in [-0.05, 0) is 25.3 Å². The van der Waals surface area contributed by atoms with Gasteiger partial charge in [0.25, 0.3) is 5.69 Å². The minimum absolute atomic E-state index is 0.0158. The lowest BCUT2D eigenvalue weighted by atomic mass is 10.2. The van der Waals surface area contributed by atoms with Gasteiger partial charge in [0, 0.05) is 29.4 Å². The fraction of sp³-hybridized carbons (Fsp3) is 0.500. The highest BCUT2D eigenvalue weighted by atomic mass is 32.2. The molecule has 1 saturated heterocycles. The van der Waals surface area contributed by atoms with Crippen molar-refractivity contribution >= 4 is 16.5 Å². The Morgan fingerprint density at radius 1 is 1.50 bits per heavy atom. The second kappa shape index (κ2) is 6.06. The number of non-ortho nitro benzene ring substituents is 1. The average Bonchev–Trinajstić information content (AvgIpc) is 2.89. The van der Waals surface area contributed by atoms with Gasteiger partial charge in [0.2, 0.25) is 0 Å². The first-order valence-corrected chi connectivity index (χ1v) is 7.23. The Labute approximate surface area is 108 Å². The Morgan fingerprint density at radius 3 is 3.00 bits per heavy atom. The van der Waals surface area contributed by atoms with Crippen LogP contribution in [-0.4, -0.2) is 27.6 Å². The van der Waals surface area contributed by atoms with Crippen LogP contribution in [0.2, 0.25) is 0 Å². The molecule has 1 aliphatic heterocycles. The zero-order valence-corrected chi connectivity index (χ0v) is 10.7. The summed E-state index contributed by atoms with van der Waals surface area (Å²) in [5, 5.41) is 10.6. The number of nitrogens with zero attached hydrogens (tertiary/aromatic N) is 1. The van der Waals surface area contributed by atoms with Crippen molar-refractivity contribution in [3.63, 3.8) is 0 Å². The monoisotopic (exact) mass is 269 g/mol. The molecule has 1 aliphatic rings. The molecule has 2 unspecified atom stereocenters. The van der Waals surface area contributed by atoms with Crippen molar-refractivity contribution in [2.45, 2.75) is 30.3 Å². The zero-order chi connectivity index (χ0) is 13.0. The number of nitro benzene ring substituents is 1. The fourth-order valence-electron chi connectivity index (χ4n) is 1.97. The average molecular weight is 269 g/mol. The van der Waals surface area contributed by atoms with Gasteiger partial charge < -0.3 is 4.74 Å². The molecule has 0 aliphatic carbocycles. The second-order valence-electron chi connectivity index (χ2n) is 4.23. The van der Waals surface area contributed by atoms with Gasteiger partial charge in [-0.25, -0.2) is 0 Å². The van der Waals surface area contributed by atoms with Gasteiger partial charge >= 0.3 is 0 Å². The Bertz CT molecular complexity index is 457. The van der Waals surface area contributed by atoms with Crippen LogP contribution in [0.4, 0.5) is 5.69 Å². The van der Waals surface area contributed by atoms with Gasteiger partial charge in [-0.1, -0.05) is 6.07 Å². The van der Waals surface area contributed by atoms with Crippen molar-refractivity contribution in [1.29, 1.82) is 0 Å². The highest BCUT2D eigenvalue weighted by Gasteiger charge is 2.17. The highest BCUT2D eigenvalue weighted by Crippen LogP contribution is 2.19. The van der Waals surface area contributed by atoms with Crippen LogP contribution in [0, 0.1) is 10.1 Å². The number of rotatable bonds is 5. The maximum absolute atomic E-state index is 12.0. The summed E-state index contributed by atoms with van der Waals surface area (Å²) < 4.78 is 17.5. The molecule has 0 amide bonds. The van der Waals surface area contributed by atoms with E-state index in [4.69, 9.17) is 4.74 Å². The van der Waals surface area contributed by atoms with Crippen LogP contribution < -0.4 is 0 Å². The molecule has 0 aromatic heterocycles. The Balaban J connectivity index is 1.95. The minimum Gasteiger partial charge on any atom is -0.378 e. The van der Waals surface area contributed by atoms with Gasteiger partial charge in [-0.3, -0.25) is 14.3 Å². The molecule has 2 rings (SSSR count). The maximum Gasteiger partial charge on any atom is 0.270 e. The lowest BCUT2D eigenvalue weighted by Crippen LogP contribution is -2.10. The Morgan fingerprint density at radius 2 is 2.33 bits per heavy atom. The van der Waals surface area contributed by atoms with Crippen LogP contribution >= 0.6 is 0 Å². The van der Waals surface area contributed by atoms with Crippen LogP contribution in [0.15, 0.2) is 29.2 Å². The van der Waals surface area contributed by atoms with E-state index in [2.05, 4.69) is 0 Å². The minimum atomic E-state index is -1.19. The van der Waals surface area contributed by atoms with E-state index in [1.807, 2.05) is 0 Å². The summed E-state index contributed by atoms with van der Waals surface area (Å²) in [6, 6.07) is 6.02. The van der Waals surface area contributed by atoms with Crippen LogP contribution in [-0.2, 0) is 15.5 Å². The van der Waals surface area contributed by atoms with Gasteiger partial charge in [0.1, 0.15) is 0 Å². The lowest BCUT2D eigenvalue weighted by molar-refractivity contribution is -0.385. The van der Waals surface area contributed by atoms with E-state index in [1.165, 1.54) is 12.1 Å². The SMILES string of the molecule is O=[N+]([O-])c1cccc(S(=O)CCC2CCCO2)c1. The fourth-order valence-corrected chi connectivity index (χ4v) is 3.16. The molecule has 6 heteroatoms. The highest BCUT2D eigenvalue weighted by molar-refractivity contribution is 7.85. The molecule has 0 radical (unpaired) electrons. The summed E-state index contributed by atoms with van der Waals surface area (Å²) in [5.41, 5.74) is -0.0158. The van der Waals surface area contributed by atoms with Crippen molar-refractivity contribution in [3.8, 4) is 0 Å². The van der Waals surface area contributed by atoms with E-state index in [-0.39, 0.29) is 11.8 Å². The molecule has 0 saturated carbocycles. The molecular formula is C12H15NO4S. The second-order valence-corrected chi connectivity index (χ2v) is 5.80. The molecule has 1 aromatic rings. The maximum atomic E-state index is 12.0. The molecule has 98 valence electrons. The third-order valence-corrected chi connectivity index (χ3v) is 4.33. The van der Waals surface area contributed by atoms with Crippen LogP contribution in [0.25, 0.3) is 0 Å². The van der Waals surface area contributed by atoms with Gasteiger partial charge in [-0.2, -0.15) is 0 Å². The first-order valence-electron chi connectivity index (χ1n) is 5.91. The zero-order valence-electron chi connectivity index (χ0n) is 9.91. The molecule has 5 nitrogen and oxygen atoms in total. The van der Waals surface area contributed by atoms with Crippen molar-refractivity contribution < 1.29 is 13.9 Å². The van der Waals surface area contributed by atoms with E-state index in [1.54, 1.807) is 12.1 Å². The lowest BCUT2D eigenvalue weighted by Gasteiger charge is -2.08. The predicted molar refractivity (Wildman–Crippen MR) is 68.0 cm³/mol. The predicted octanol–water partition coefficient (Wildman–Crippen LogP) is 2.27. The van der Waals surface area contributed by atoms with E-state index in [0.717, 1.165) is 25.9 Å². The first-order chi connectivity index (χ1) is 8.66. The van der Waals surface area contributed by atoms with Crippen LogP contribution in [0.3, 0.4) is 0 Å². The number of nitro groups is 1. The van der Waals surface area contributed by atoms with Crippen LogP contribution in [0.5, 0.6) is 0 Å². The molecule has 1 heterocycles. The molecular weight excluding hydrogens is 254 g/mol. The number of hydrogen-bond donors (Lipinski definition) is 0. The summed E-state index contributed by atoms with van der Waals surface area (Å²) >= 11 is 0. The molecule has 18 heavy (non-hydrogen) atoms. The number of hydrogen-bond acceptors (Lipinski definition) is 4. The van der Waals surface area contributed by atoms with E-state index in [9.17, 15) is 14.3 Å². The summed E-state index contributed by atoms with van der Waals surface area (Å²) in [5.74, 6) is 0.492. The third-order valence-electron chi connectivity index (χ3n) is 2.94. The molecule has 1 fully saturated rings. The summed E-state index contributed by atoms with van der Waals surface area (Å²) in [6.45, 7) is 0.786. The molecule has 0 N–H and O–H groups in total. The van der Waals surface area contributed by atoms with Crippen molar-refractivity contribution in [3.05, 3.63) is 34.4 Å². The van der Waals surface area contributed by atoms with E-state index >= 15 is 0 Å². The number of benzene rings is 1. The summed E-state index contributed by atoms with van der Waals surface area (Å²) in [6.07, 6.45) is 3.03. The third kappa shape index (κ3) is 3.36. The van der Waals surface area contributed by atoms with Gasteiger partial charge in [-0.15, -0.1) is 0 Å². The molecule has 2 atom stereocenters. The van der Waals surface area contributed by atoms with Crippen molar-refractivity contribution in [2.75, 3.05) is 12.4 Å². The smallest absolute Gasteiger partial charge is 0.270 e. The van der Waals surface area contributed by atoms with Gasteiger partial charge in [0.15, 0.2) is 0 Å². The first kappa shape index (κ1) is 13.2. The molecule has 1 aromatic carbocycles. The Kier molecular flexibility index (Phi) is 4.43. The molecule has 0 spiro atoms. The largest absolute Gasteiger partial charge is 0.378 e. The summed E-state index contributed by atoms with van der Waals surface area (Å²) in [7, 11) is -1.19.